The molecule has 0 rings (SSSR count). The van der Waals surface area contributed by atoms with Gasteiger partial charge in [0.1, 0.15) is 12.2 Å². The van der Waals surface area contributed by atoms with Crippen LogP contribution in [0.3, 0.4) is 0 Å². The molecule has 2 unspecified atom stereocenters. The van der Waals surface area contributed by atoms with E-state index in [-0.39, 0.29) is 12.0 Å². The predicted octanol–water partition coefficient (Wildman–Crippen LogP) is 4.07. The second kappa shape index (κ2) is 9.14. The molecular weight excluding hydrogens is 302 g/mol. The molecule has 0 bridgehead atoms. The minimum Gasteiger partial charge on any atom is -0.133 e. The van der Waals surface area contributed by atoms with Gasteiger partial charge in [-0.25, -0.2) is 0 Å². The van der Waals surface area contributed by atoms with Crippen LogP contribution < -0.4 is 0 Å². The first-order chi connectivity index (χ1) is 9.33. The molecule has 2 atom stereocenters. The summed E-state index contributed by atoms with van der Waals surface area (Å²) in [5.41, 5.74) is -1.10. The van der Waals surface area contributed by atoms with E-state index in [1.165, 1.54) is 0 Å². The fraction of sp³-hybridized carbons (Fsp3) is 1.00. The highest BCUT2D eigenvalue weighted by atomic mass is 31.1. The van der Waals surface area contributed by atoms with Crippen molar-refractivity contribution >= 4 is 16.5 Å². The molecular formula is C12H26O6P2+2. The van der Waals surface area contributed by atoms with E-state index in [1.54, 1.807) is 0 Å². The molecule has 0 radical (unpaired) electrons. The van der Waals surface area contributed by atoms with Gasteiger partial charge >= 0.3 is 16.5 Å². The molecule has 0 aliphatic heterocycles. The van der Waals surface area contributed by atoms with Gasteiger partial charge in [-0.15, -0.1) is 18.8 Å². The fourth-order valence-electron chi connectivity index (χ4n) is 3.17. The summed E-state index contributed by atoms with van der Waals surface area (Å²) in [6.45, 7) is 7.97. The highest BCUT2D eigenvalue weighted by Gasteiger charge is 2.53. The van der Waals surface area contributed by atoms with E-state index in [1.807, 2.05) is 27.7 Å². The maximum atomic E-state index is 11.2. The van der Waals surface area contributed by atoms with Crippen LogP contribution in [0.1, 0.15) is 59.8 Å². The van der Waals surface area contributed by atoms with Crippen molar-refractivity contribution < 1.29 is 28.0 Å². The van der Waals surface area contributed by atoms with Crippen molar-refractivity contribution in [3.63, 3.8) is 0 Å². The van der Waals surface area contributed by atoms with Crippen LogP contribution in [-0.2, 0) is 18.2 Å². The Morgan fingerprint density at radius 1 is 0.900 bits per heavy atom. The van der Waals surface area contributed by atoms with Gasteiger partial charge in [0.05, 0.1) is 0 Å². The smallest absolute Gasteiger partial charge is 0.133 e. The molecule has 2 N–H and O–H groups in total. The van der Waals surface area contributed by atoms with Crippen LogP contribution in [0.5, 0.6) is 0 Å². The van der Waals surface area contributed by atoms with Crippen molar-refractivity contribution in [2.45, 2.75) is 65.4 Å². The molecule has 0 fully saturated rings. The summed E-state index contributed by atoms with van der Waals surface area (Å²) in [6, 6.07) is 0. The van der Waals surface area contributed by atoms with Crippen LogP contribution >= 0.6 is 16.5 Å². The van der Waals surface area contributed by atoms with Gasteiger partial charge in [-0.1, -0.05) is 27.7 Å². The molecule has 0 spiro atoms. The van der Waals surface area contributed by atoms with Crippen molar-refractivity contribution in [3.05, 3.63) is 0 Å². The normalized spacial score (nSPS) is 14.3. The summed E-state index contributed by atoms with van der Waals surface area (Å²) < 4.78 is 32.0. The Bertz CT molecular complexity index is 326. The first-order valence-corrected chi connectivity index (χ1v) is 9.23. The lowest BCUT2D eigenvalue weighted by Gasteiger charge is -2.45. The molecule has 8 heteroatoms. The molecule has 20 heavy (non-hydrogen) atoms. The zero-order valence-corrected chi connectivity index (χ0v) is 14.5. The standard InChI is InChI=1S/C12H24O6P2/c1-5-11(6-2,9-10-17-19(13)14)12(7-3,8-4)18-20(15)16/h5-10H2,1-4H3/p+2. The average molecular weight is 328 g/mol. The van der Waals surface area contributed by atoms with Gasteiger partial charge in [0.2, 0.25) is 0 Å². The Balaban J connectivity index is 5.32. The molecule has 0 saturated heterocycles. The second-order valence-corrected chi connectivity index (χ2v) is 6.23. The molecule has 0 aromatic heterocycles. The minimum atomic E-state index is -2.70. The Hall–Kier alpha value is 0.0400. The van der Waals surface area contributed by atoms with E-state index >= 15 is 0 Å². The summed E-state index contributed by atoms with van der Waals surface area (Å²) >= 11 is 0. The van der Waals surface area contributed by atoms with Crippen LogP contribution in [0.15, 0.2) is 0 Å². The highest BCUT2D eigenvalue weighted by Crippen LogP contribution is 2.51. The molecule has 0 saturated carbocycles. The molecule has 0 aromatic carbocycles. The minimum absolute atomic E-state index is 0.126. The molecule has 0 aliphatic carbocycles. The Kier molecular flexibility index (Phi) is 9.16. The summed E-state index contributed by atoms with van der Waals surface area (Å²) in [5, 5.41) is 0. The maximum Gasteiger partial charge on any atom is 0.695 e. The van der Waals surface area contributed by atoms with Crippen molar-refractivity contribution in [2.75, 3.05) is 6.61 Å². The van der Waals surface area contributed by atoms with Gasteiger partial charge < -0.3 is 0 Å². The van der Waals surface area contributed by atoms with Gasteiger partial charge in [0, 0.05) is 14.5 Å². The lowest BCUT2D eigenvalue weighted by molar-refractivity contribution is -0.0853. The number of hydrogen-bond donors (Lipinski definition) is 2. The molecule has 0 aliphatic rings. The van der Waals surface area contributed by atoms with Gasteiger partial charge in [0.15, 0.2) is 0 Å². The molecule has 6 nitrogen and oxygen atoms in total. The first-order valence-electron chi connectivity index (χ1n) is 6.97. The van der Waals surface area contributed by atoms with E-state index in [2.05, 4.69) is 0 Å². The van der Waals surface area contributed by atoms with Crippen molar-refractivity contribution in [3.8, 4) is 0 Å². The van der Waals surface area contributed by atoms with Crippen molar-refractivity contribution in [2.24, 2.45) is 5.41 Å². The van der Waals surface area contributed by atoms with Gasteiger partial charge in [-0.2, -0.15) is 0 Å². The quantitative estimate of drug-likeness (QED) is 0.555. The van der Waals surface area contributed by atoms with Gasteiger partial charge in [-0.05, 0) is 32.1 Å². The molecule has 118 valence electrons. The molecule has 0 aromatic rings. The lowest BCUT2D eigenvalue weighted by Crippen LogP contribution is -2.48. The van der Waals surface area contributed by atoms with Crippen LogP contribution in [0.25, 0.3) is 0 Å². The zero-order chi connectivity index (χ0) is 15.8. The monoisotopic (exact) mass is 328 g/mol. The van der Waals surface area contributed by atoms with Crippen LogP contribution in [-0.4, -0.2) is 22.0 Å². The van der Waals surface area contributed by atoms with E-state index in [4.69, 9.17) is 13.9 Å². The summed E-state index contributed by atoms with van der Waals surface area (Å²) in [6.07, 6.45) is 3.17. The van der Waals surface area contributed by atoms with Crippen LogP contribution in [0, 0.1) is 5.41 Å². The topological polar surface area (TPSA) is 93.1 Å². The third kappa shape index (κ3) is 4.80. The third-order valence-corrected chi connectivity index (χ3v) is 5.41. The van der Waals surface area contributed by atoms with Crippen LogP contribution in [0.2, 0.25) is 0 Å². The third-order valence-electron chi connectivity index (χ3n) is 4.50. The van der Waals surface area contributed by atoms with Gasteiger partial charge in [0.25, 0.3) is 0 Å². The first kappa shape index (κ1) is 20.0. The van der Waals surface area contributed by atoms with Crippen LogP contribution in [0.4, 0.5) is 0 Å². The highest BCUT2D eigenvalue weighted by molar-refractivity contribution is 7.32. The maximum absolute atomic E-state index is 11.2. The van der Waals surface area contributed by atoms with Crippen molar-refractivity contribution in [1.82, 2.24) is 0 Å². The summed E-state index contributed by atoms with van der Waals surface area (Å²) in [4.78, 5) is 17.9. The second-order valence-electron chi connectivity index (χ2n) is 4.84. The molecule has 0 amide bonds. The number of rotatable bonds is 11. The van der Waals surface area contributed by atoms with E-state index < -0.39 is 22.1 Å². The van der Waals surface area contributed by atoms with E-state index in [0.717, 1.165) is 12.8 Å². The largest absolute Gasteiger partial charge is 0.695 e. The lowest BCUT2D eigenvalue weighted by atomic mass is 9.64. The summed E-state index contributed by atoms with van der Waals surface area (Å²) in [7, 11) is -5.32. The van der Waals surface area contributed by atoms with E-state index in [0.29, 0.717) is 19.3 Å². The average Bonchev–Trinajstić information content (AvgIpc) is 2.41. The summed E-state index contributed by atoms with van der Waals surface area (Å²) in [5.74, 6) is 0. The zero-order valence-electron chi connectivity index (χ0n) is 12.7. The Morgan fingerprint density at radius 3 is 1.70 bits per heavy atom. The predicted molar refractivity (Wildman–Crippen MR) is 77.6 cm³/mol. The fourth-order valence-corrected chi connectivity index (χ4v) is 4.17. The van der Waals surface area contributed by atoms with Crippen molar-refractivity contribution in [1.29, 1.82) is 0 Å². The molecule has 0 heterocycles. The number of hydrogen-bond acceptors (Lipinski definition) is 4. The van der Waals surface area contributed by atoms with E-state index in [9.17, 15) is 14.0 Å². The SMILES string of the molecule is CCC(CC)(CCO[P+](=O)O)C(CC)(CC)O[P+](=O)O. The van der Waals surface area contributed by atoms with Gasteiger partial charge in [-0.3, -0.25) is 0 Å². The Morgan fingerprint density at radius 2 is 1.40 bits per heavy atom. The Labute approximate surface area is 122 Å².